The number of hydrogen-bond donors (Lipinski definition) is 0. The highest BCUT2D eigenvalue weighted by Crippen LogP contribution is 2.39. The molecule has 0 saturated heterocycles. The van der Waals surface area contributed by atoms with Crippen LogP contribution < -0.4 is 0 Å². The van der Waals surface area contributed by atoms with Gasteiger partial charge < -0.3 is 0 Å². The highest BCUT2D eigenvalue weighted by Gasteiger charge is 2.26. The average molecular weight is 176 g/mol. The van der Waals surface area contributed by atoms with Crippen LogP contribution in [0.15, 0.2) is 23.8 Å². The third kappa shape index (κ3) is 1.87. The molecular weight excluding hydrogens is 156 g/mol. The van der Waals surface area contributed by atoms with Crippen molar-refractivity contribution < 1.29 is 0 Å². The van der Waals surface area contributed by atoms with Gasteiger partial charge in [0, 0.05) is 0 Å². The Bertz CT molecular complexity index is 232. The summed E-state index contributed by atoms with van der Waals surface area (Å²) in [7, 11) is 0. The average Bonchev–Trinajstić information content (AvgIpc) is 2.17. The normalized spacial score (nSPS) is 33.0. The molecule has 2 rings (SSSR count). The lowest BCUT2D eigenvalue weighted by molar-refractivity contribution is 0.279. The van der Waals surface area contributed by atoms with Gasteiger partial charge in [-0.1, -0.05) is 37.6 Å². The molecule has 0 spiro atoms. The van der Waals surface area contributed by atoms with Crippen molar-refractivity contribution in [3.63, 3.8) is 0 Å². The number of rotatable bonds is 1. The minimum absolute atomic E-state index is 0.868. The van der Waals surface area contributed by atoms with Gasteiger partial charge in [-0.15, -0.1) is 0 Å². The standard InChI is InChI=1S/C13H20/c1-10(2)12-8-7-11-5-3-4-6-13(11)9-12/h3-4,6,10-12H,5,7-9H2,1-2H3. The van der Waals surface area contributed by atoms with Crippen molar-refractivity contribution in [2.24, 2.45) is 17.8 Å². The van der Waals surface area contributed by atoms with E-state index in [0.29, 0.717) is 0 Å². The second-order valence-electron chi connectivity index (χ2n) is 4.89. The molecule has 0 heteroatoms. The van der Waals surface area contributed by atoms with Crippen molar-refractivity contribution in [1.29, 1.82) is 0 Å². The number of hydrogen-bond acceptors (Lipinski definition) is 0. The van der Waals surface area contributed by atoms with Gasteiger partial charge in [0.1, 0.15) is 0 Å². The van der Waals surface area contributed by atoms with E-state index in [4.69, 9.17) is 0 Å². The summed E-state index contributed by atoms with van der Waals surface area (Å²) in [4.78, 5) is 0. The molecule has 0 amide bonds. The first-order valence-electron chi connectivity index (χ1n) is 5.63. The van der Waals surface area contributed by atoms with Crippen molar-refractivity contribution in [3.8, 4) is 0 Å². The maximum absolute atomic E-state index is 2.37. The monoisotopic (exact) mass is 176 g/mol. The molecule has 2 aliphatic carbocycles. The first-order valence-corrected chi connectivity index (χ1v) is 5.63. The van der Waals surface area contributed by atoms with Crippen LogP contribution in [0.25, 0.3) is 0 Å². The summed E-state index contributed by atoms with van der Waals surface area (Å²) in [6.07, 6.45) is 12.5. The van der Waals surface area contributed by atoms with Crippen LogP contribution in [0.1, 0.15) is 39.5 Å². The fourth-order valence-corrected chi connectivity index (χ4v) is 2.65. The Kier molecular flexibility index (Phi) is 2.57. The van der Waals surface area contributed by atoms with Crippen LogP contribution in [0.5, 0.6) is 0 Å². The second kappa shape index (κ2) is 3.69. The van der Waals surface area contributed by atoms with Gasteiger partial charge in [-0.2, -0.15) is 0 Å². The first kappa shape index (κ1) is 9.05. The Hall–Kier alpha value is -0.520. The third-order valence-electron chi connectivity index (χ3n) is 3.72. The largest absolute Gasteiger partial charge is 0.0839 e. The van der Waals surface area contributed by atoms with E-state index in [0.717, 1.165) is 17.8 Å². The zero-order valence-electron chi connectivity index (χ0n) is 8.79. The minimum Gasteiger partial charge on any atom is -0.0839 e. The number of allylic oxidation sites excluding steroid dienone is 4. The summed E-state index contributed by atoms with van der Waals surface area (Å²) < 4.78 is 0. The van der Waals surface area contributed by atoms with E-state index in [2.05, 4.69) is 32.1 Å². The Morgan fingerprint density at radius 1 is 1.31 bits per heavy atom. The van der Waals surface area contributed by atoms with Gasteiger partial charge in [0.05, 0.1) is 0 Å². The molecule has 2 atom stereocenters. The van der Waals surface area contributed by atoms with Crippen LogP contribution in [0, 0.1) is 17.8 Å². The van der Waals surface area contributed by atoms with Crippen LogP contribution in [-0.4, -0.2) is 0 Å². The second-order valence-corrected chi connectivity index (χ2v) is 4.89. The lowest BCUT2D eigenvalue weighted by Crippen LogP contribution is -2.21. The van der Waals surface area contributed by atoms with Crippen LogP contribution in [0.4, 0.5) is 0 Å². The van der Waals surface area contributed by atoms with Gasteiger partial charge in [0.15, 0.2) is 0 Å². The zero-order chi connectivity index (χ0) is 9.26. The van der Waals surface area contributed by atoms with E-state index in [9.17, 15) is 0 Å². The van der Waals surface area contributed by atoms with E-state index in [1.807, 2.05) is 0 Å². The Morgan fingerprint density at radius 2 is 2.15 bits per heavy atom. The third-order valence-corrected chi connectivity index (χ3v) is 3.72. The van der Waals surface area contributed by atoms with E-state index >= 15 is 0 Å². The van der Waals surface area contributed by atoms with Crippen LogP contribution in [0.2, 0.25) is 0 Å². The van der Waals surface area contributed by atoms with Crippen molar-refractivity contribution in [3.05, 3.63) is 23.8 Å². The maximum Gasteiger partial charge on any atom is -0.0165 e. The predicted octanol–water partition coefficient (Wildman–Crippen LogP) is 3.95. The van der Waals surface area contributed by atoms with Crippen LogP contribution in [-0.2, 0) is 0 Å². The fraction of sp³-hybridized carbons (Fsp3) is 0.692. The molecule has 72 valence electrons. The maximum atomic E-state index is 2.37. The molecule has 2 aliphatic rings. The van der Waals surface area contributed by atoms with E-state index in [1.165, 1.54) is 25.7 Å². The predicted molar refractivity (Wildman–Crippen MR) is 57.5 cm³/mol. The Balaban J connectivity index is 2.05. The van der Waals surface area contributed by atoms with Gasteiger partial charge in [-0.05, 0) is 43.4 Å². The molecule has 0 aliphatic heterocycles. The van der Waals surface area contributed by atoms with Crippen molar-refractivity contribution in [2.75, 3.05) is 0 Å². The van der Waals surface area contributed by atoms with E-state index in [-0.39, 0.29) is 0 Å². The molecule has 0 nitrogen and oxygen atoms in total. The van der Waals surface area contributed by atoms with Gasteiger partial charge in [0.25, 0.3) is 0 Å². The lowest BCUT2D eigenvalue weighted by atomic mass is 9.72. The van der Waals surface area contributed by atoms with Crippen molar-refractivity contribution in [1.82, 2.24) is 0 Å². The quantitative estimate of drug-likeness (QED) is 0.567. The van der Waals surface area contributed by atoms with Crippen molar-refractivity contribution in [2.45, 2.75) is 39.5 Å². The van der Waals surface area contributed by atoms with Gasteiger partial charge >= 0.3 is 0 Å². The lowest BCUT2D eigenvalue weighted by Gasteiger charge is -2.34. The van der Waals surface area contributed by atoms with Crippen molar-refractivity contribution >= 4 is 0 Å². The van der Waals surface area contributed by atoms with Gasteiger partial charge in [-0.3, -0.25) is 0 Å². The highest BCUT2D eigenvalue weighted by atomic mass is 14.3. The number of fused-ring (bicyclic) bond motifs is 1. The molecule has 0 aromatic carbocycles. The summed E-state index contributed by atoms with van der Waals surface area (Å²) in [6.45, 7) is 4.73. The molecule has 0 radical (unpaired) electrons. The Morgan fingerprint density at radius 3 is 2.92 bits per heavy atom. The zero-order valence-corrected chi connectivity index (χ0v) is 8.79. The SMILES string of the molecule is CC(C)C1CCC2CC=CC=C2C1. The molecule has 0 aromatic heterocycles. The fourth-order valence-electron chi connectivity index (χ4n) is 2.65. The topological polar surface area (TPSA) is 0 Å². The highest BCUT2D eigenvalue weighted by molar-refractivity contribution is 5.22. The molecule has 0 heterocycles. The molecule has 2 unspecified atom stereocenters. The van der Waals surface area contributed by atoms with E-state index < -0.39 is 0 Å². The molecule has 1 fully saturated rings. The smallest absolute Gasteiger partial charge is 0.0165 e. The molecule has 0 bridgehead atoms. The molecule has 1 saturated carbocycles. The molecular formula is C13H20. The van der Waals surface area contributed by atoms with Crippen LogP contribution in [0.3, 0.4) is 0 Å². The summed E-state index contributed by atoms with van der Waals surface area (Å²) in [5.41, 5.74) is 1.73. The first-order chi connectivity index (χ1) is 6.27. The Labute approximate surface area is 81.7 Å². The van der Waals surface area contributed by atoms with Gasteiger partial charge in [0.2, 0.25) is 0 Å². The summed E-state index contributed by atoms with van der Waals surface area (Å²) in [5.74, 6) is 2.72. The summed E-state index contributed by atoms with van der Waals surface area (Å²) >= 11 is 0. The summed E-state index contributed by atoms with van der Waals surface area (Å²) in [6, 6.07) is 0. The van der Waals surface area contributed by atoms with E-state index in [1.54, 1.807) is 5.57 Å². The molecule has 13 heavy (non-hydrogen) atoms. The van der Waals surface area contributed by atoms with Gasteiger partial charge in [-0.25, -0.2) is 0 Å². The molecule has 0 N–H and O–H groups in total. The minimum atomic E-state index is 0.868. The summed E-state index contributed by atoms with van der Waals surface area (Å²) in [5, 5.41) is 0. The molecule has 0 aromatic rings. The van der Waals surface area contributed by atoms with Crippen LogP contribution >= 0.6 is 0 Å².